The van der Waals surface area contributed by atoms with E-state index in [-0.39, 0.29) is 12.5 Å². The van der Waals surface area contributed by atoms with E-state index in [9.17, 15) is 10.2 Å². The number of methoxy groups -OCH3 is 1. The van der Waals surface area contributed by atoms with Gasteiger partial charge in [0.2, 0.25) is 11.8 Å². The van der Waals surface area contributed by atoms with Crippen LogP contribution in [0.25, 0.3) is 20.8 Å². The second kappa shape index (κ2) is 8.90. The number of aryl methyl sites for hydroxylation is 1. The monoisotopic (exact) mass is 456 g/mol. The lowest BCUT2D eigenvalue weighted by atomic mass is 10.1. The van der Waals surface area contributed by atoms with Crippen LogP contribution in [0.2, 0.25) is 0 Å². The van der Waals surface area contributed by atoms with Crippen molar-refractivity contribution >= 4 is 27.5 Å². The van der Waals surface area contributed by atoms with Gasteiger partial charge in [0.15, 0.2) is 0 Å². The van der Waals surface area contributed by atoms with E-state index in [0.29, 0.717) is 24.2 Å². The third kappa shape index (κ3) is 4.17. The van der Waals surface area contributed by atoms with Crippen molar-refractivity contribution in [3.63, 3.8) is 0 Å². The zero-order valence-corrected chi connectivity index (χ0v) is 19.0. The van der Waals surface area contributed by atoms with Crippen molar-refractivity contribution in [2.45, 2.75) is 44.5 Å². The van der Waals surface area contributed by atoms with Crippen LogP contribution in [0.4, 0.5) is 5.95 Å². The van der Waals surface area contributed by atoms with Gasteiger partial charge in [0, 0.05) is 26.2 Å². The Labute approximate surface area is 190 Å². The van der Waals surface area contributed by atoms with Crippen molar-refractivity contribution in [1.82, 2.24) is 15.0 Å². The molecule has 4 atom stereocenters. The van der Waals surface area contributed by atoms with Gasteiger partial charge < -0.3 is 25.0 Å². The van der Waals surface area contributed by atoms with E-state index < -0.39 is 18.3 Å². The summed E-state index contributed by atoms with van der Waals surface area (Å²) < 4.78 is 13.0. The number of rotatable bonds is 8. The van der Waals surface area contributed by atoms with Crippen LogP contribution in [0.3, 0.4) is 0 Å². The van der Waals surface area contributed by atoms with Crippen molar-refractivity contribution < 1.29 is 19.7 Å². The molecule has 0 radical (unpaired) electrons. The largest absolute Gasteiger partial charge is 0.471 e. The van der Waals surface area contributed by atoms with Crippen LogP contribution in [-0.2, 0) is 4.74 Å². The Morgan fingerprint density at radius 3 is 2.72 bits per heavy atom. The highest BCUT2D eigenvalue weighted by molar-refractivity contribution is 7.21. The molecule has 2 heterocycles. The predicted molar refractivity (Wildman–Crippen MR) is 123 cm³/mol. The molecule has 3 aromatic rings. The second-order valence-corrected chi connectivity index (χ2v) is 9.68. The smallest absolute Gasteiger partial charge is 0.229 e. The number of thiazole rings is 1. The molecule has 0 saturated heterocycles. The average Bonchev–Trinajstić information content (AvgIpc) is 3.44. The second-order valence-electron chi connectivity index (χ2n) is 8.65. The number of anilines is 1. The highest BCUT2D eigenvalue weighted by Gasteiger charge is 2.44. The molecule has 0 aliphatic heterocycles. The van der Waals surface area contributed by atoms with E-state index in [0.717, 1.165) is 33.0 Å². The van der Waals surface area contributed by atoms with E-state index >= 15 is 0 Å². The van der Waals surface area contributed by atoms with E-state index in [1.165, 1.54) is 12.8 Å². The van der Waals surface area contributed by atoms with Gasteiger partial charge in [0.1, 0.15) is 17.2 Å². The van der Waals surface area contributed by atoms with Crippen molar-refractivity contribution in [3.05, 3.63) is 30.0 Å². The van der Waals surface area contributed by atoms with Gasteiger partial charge in [-0.25, -0.2) is 9.97 Å². The van der Waals surface area contributed by atoms with Crippen LogP contribution in [0.5, 0.6) is 5.88 Å². The van der Waals surface area contributed by atoms with Crippen LogP contribution in [0, 0.1) is 18.8 Å². The molecule has 0 spiro atoms. The van der Waals surface area contributed by atoms with E-state index in [1.807, 2.05) is 31.2 Å². The van der Waals surface area contributed by atoms with Gasteiger partial charge in [-0.3, -0.25) is 0 Å². The minimum Gasteiger partial charge on any atom is -0.471 e. The Bertz CT molecular complexity index is 1070. The number of hydrogen-bond donors (Lipinski definition) is 3. The van der Waals surface area contributed by atoms with Gasteiger partial charge in [-0.15, -0.1) is 11.3 Å². The Hall–Kier alpha value is -2.33. The quantitative estimate of drug-likeness (QED) is 0.475. The Balaban J connectivity index is 1.53. The summed E-state index contributed by atoms with van der Waals surface area (Å²) in [7, 11) is 1.55. The number of benzene rings is 1. The molecule has 9 heteroatoms. The summed E-state index contributed by atoms with van der Waals surface area (Å²) in [4.78, 5) is 14.2. The number of nitrogens with one attached hydrogen (secondary N) is 1. The summed E-state index contributed by atoms with van der Waals surface area (Å²) in [6, 6.07) is 7.99. The summed E-state index contributed by atoms with van der Waals surface area (Å²) in [6.07, 6.45) is 1.16. The van der Waals surface area contributed by atoms with E-state index in [2.05, 4.69) is 10.3 Å². The first-order valence-electron chi connectivity index (χ1n) is 11.0. The molecule has 5 rings (SSSR count). The van der Waals surface area contributed by atoms with Crippen LogP contribution in [0.1, 0.15) is 25.0 Å². The van der Waals surface area contributed by atoms with Crippen LogP contribution in [-0.4, -0.2) is 63.7 Å². The molecule has 32 heavy (non-hydrogen) atoms. The minimum atomic E-state index is -0.795. The molecule has 0 amide bonds. The highest BCUT2D eigenvalue weighted by atomic mass is 32.1. The van der Waals surface area contributed by atoms with Crippen molar-refractivity contribution in [2.24, 2.45) is 11.8 Å². The first kappa shape index (κ1) is 21.5. The summed E-state index contributed by atoms with van der Waals surface area (Å²) in [6.45, 7) is 2.66. The predicted octanol–water partition coefficient (Wildman–Crippen LogP) is 3.02. The van der Waals surface area contributed by atoms with Crippen molar-refractivity contribution in [1.29, 1.82) is 0 Å². The first-order chi connectivity index (χ1) is 15.6. The maximum absolute atomic E-state index is 10.5. The third-order valence-electron chi connectivity index (χ3n) is 6.30. The third-order valence-corrected chi connectivity index (χ3v) is 7.35. The molecule has 2 aromatic heterocycles. The summed E-state index contributed by atoms with van der Waals surface area (Å²) in [5.41, 5.74) is 2.44. The van der Waals surface area contributed by atoms with Gasteiger partial charge >= 0.3 is 0 Å². The molecule has 8 nitrogen and oxygen atoms in total. The standard InChI is InChI=1S/C23H28N4O4S/c1-12-18(22-26-15-5-3-4-6-17(15)32-22)21(27-23(25-12)24-10-13-7-8-13)31-16-9-14(11-28)19(29)20(16)30-2/h3-6,13-14,16,19-20,28-29H,7-11H2,1-2H3,(H,24,25,27). The topological polar surface area (TPSA) is 110 Å². The number of ether oxygens (including phenoxy) is 2. The Morgan fingerprint density at radius 2 is 2.00 bits per heavy atom. The summed E-state index contributed by atoms with van der Waals surface area (Å²) in [5.74, 6) is 1.33. The maximum atomic E-state index is 10.5. The fraction of sp³-hybridized carbons (Fsp3) is 0.522. The number of aliphatic hydroxyl groups excluding tert-OH is 2. The molecule has 2 saturated carbocycles. The van der Waals surface area contributed by atoms with Gasteiger partial charge in [-0.05, 0) is 44.2 Å². The van der Waals surface area contributed by atoms with Gasteiger partial charge in [-0.1, -0.05) is 12.1 Å². The molecule has 170 valence electrons. The molecule has 2 fully saturated rings. The molecule has 2 aliphatic rings. The summed E-state index contributed by atoms with van der Waals surface area (Å²) in [5, 5.41) is 24.3. The molecular formula is C23H28N4O4S. The fourth-order valence-electron chi connectivity index (χ4n) is 4.29. The van der Waals surface area contributed by atoms with Gasteiger partial charge in [-0.2, -0.15) is 4.98 Å². The lowest BCUT2D eigenvalue weighted by Crippen LogP contribution is -2.36. The van der Waals surface area contributed by atoms with E-state index in [4.69, 9.17) is 19.4 Å². The molecular weight excluding hydrogens is 428 g/mol. The average molecular weight is 457 g/mol. The normalized spacial score (nSPS) is 25.4. The number of para-hydroxylation sites is 1. The number of aromatic nitrogens is 3. The molecule has 4 unspecified atom stereocenters. The van der Waals surface area contributed by atoms with Crippen LogP contribution < -0.4 is 10.1 Å². The fourth-order valence-corrected chi connectivity index (χ4v) is 5.34. The number of fused-ring (bicyclic) bond motifs is 1. The highest BCUT2D eigenvalue weighted by Crippen LogP contribution is 2.40. The summed E-state index contributed by atoms with van der Waals surface area (Å²) >= 11 is 1.57. The maximum Gasteiger partial charge on any atom is 0.229 e. The molecule has 2 aliphatic carbocycles. The number of hydrogen-bond acceptors (Lipinski definition) is 9. The number of nitrogens with zero attached hydrogens (tertiary/aromatic N) is 3. The van der Waals surface area contributed by atoms with Crippen LogP contribution in [0.15, 0.2) is 24.3 Å². The minimum absolute atomic E-state index is 0.122. The van der Waals surface area contributed by atoms with E-state index in [1.54, 1.807) is 18.4 Å². The van der Waals surface area contributed by atoms with Crippen molar-refractivity contribution in [2.75, 3.05) is 25.6 Å². The van der Waals surface area contributed by atoms with Crippen molar-refractivity contribution in [3.8, 4) is 16.5 Å². The lowest BCUT2D eigenvalue weighted by molar-refractivity contribution is -0.0494. The first-order valence-corrected chi connectivity index (χ1v) is 11.9. The van der Waals surface area contributed by atoms with Gasteiger partial charge in [0.05, 0.1) is 27.6 Å². The number of aliphatic hydroxyl groups is 2. The molecule has 3 N–H and O–H groups in total. The molecule has 1 aromatic carbocycles. The Kier molecular flexibility index (Phi) is 5.98. The lowest BCUT2D eigenvalue weighted by Gasteiger charge is -2.23. The SMILES string of the molecule is COC1C(Oc2nc(NCC3CC3)nc(C)c2-c2nc3ccccc3s2)CC(CO)C1O. The zero-order chi connectivity index (χ0) is 22.2. The zero-order valence-electron chi connectivity index (χ0n) is 18.2. The molecule has 0 bridgehead atoms. The Morgan fingerprint density at radius 1 is 1.19 bits per heavy atom. The van der Waals surface area contributed by atoms with Crippen LogP contribution >= 0.6 is 11.3 Å². The van der Waals surface area contributed by atoms with Gasteiger partial charge in [0.25, 0.3) is 0 Å².